The number of rotatable bonds is 7. The number of anilines is 1. The third-order valence-electron chi connectivity index (χ3n) is 5.06. The summed E-state index contributed by atoms with van der Waals surface area (Å²) < 4.78 is 46.3. The van der Waals surface area contributed by atoms with Crippen LogP contribution in [0.25, 0.3) is 5.69 Å². The molecule has 1 aliphatic carbocycles. The highest BCUT2D eigenvalue weighted by Gasteiger charge is 2.36. The molecule has 0 unspecified atom stereocenters. The van der Waals surface area contributed by atoms with E-state index in [1.165, 1.54) is 4.68 Å². The third-order valence-corrected chi connectivity index (χ3v) is 5.06. The number of nitro groups is 1. The standard InChI is InChI=1S/C22H17F3N4O5/c23-22(24,25)16-10-15(29(32)33)8-9-17(16)26-20(30)12-34-21(31)19-11-18(13-6-7-13)27-28(19)14-4-2-1-3-5-14/h1-5,8-11,13H,6-7,12H2,(H,26,30). The van der Waals surface area contributed by atoms with Crippen LogP contribution in [-0.2, 0) is 15.7 Å². The van der Waals surface area contributed by atoms with Gasteiger partial charge in [-0.2, -0.15) is 18.3 Å². The number of esters is 1. The fourth-order valence-electron chi connectivity index (χ4n) is 3.27. The predicted molar refractivity (Wildman–Crippen MR) is 113 cm³/mol. The highest BCUT2D eigenvalue weighted by atomic mass is 19.4. The average Bonchev–Trinajstić information content (AvgIpc) is 3.55. The van der Waals surface area contributed by atoms with Crippen molar-refractivity contribution in [2.75, 3.05) is 11.9 Å². The second-order valence-corrected chi connectivity index (χ2v) is 7.59. The summed E-state index contributed by atoms with van der Waals surface area (Å²) in [6.07, 6.45) is -3.06. The van der Waals surface area contributed by atoms with Crippen molar-refractivity contribution in [3.05, 3.63) is 81.7 Å². The predicted octanol–water partition coefficient (Wildman–Crippen LogP) is 4.47. The Kier molecular flexibility index (Phi) is 6.05. The van der Waals surface area contributed by atoms with Gasteiger partial charge in [0.1, 0.15) is 0 Å². The summed E-state index contributed by atoms with van der Waals surface area (Å²) in [6, 6.07) is 12.3. The van der Waals surface area contributed by atoms with Gasteiger partial charge >= 0.3 is 12.1 Å². The molecular formula is C22H17F3N4O5. The van der Waals surface area contributed by atoms with Gasteiger partial charge in [-0.15, -0.1) is 0 Å². The Balaban J connectivity index is 1.48. The maximum absolute atomic E-state index is 13.3. The highest BCUT2D eigenvalue weighted by molar-refractivity contribution is 5.95. The minimum absolute atomic E-state index is 0.0761. The third kappa shape index (κ3) is 5.05. The molecule has 0 saturated heterocycles. The molecule has 176 valence electrons. The maximum atomic E-state index is 13.3. The lowest BCUT2D eigenvalue weighted by Gasteiger charge is -2.13. The number of nitro benzene ring substituents is 1. The summed E-state index contributed by atoms with van der Waals surface area (Å²) in [5.41, 5.74) is -1.47. The van der Waals surface area contributed by atoms with E-state index < -0.39 is 46.5 Å². The van der Waals surface area contributed by atoms with Gasteiger partial charge in [0.05, 0.1) is 27.6 Å². The van der Waals surface area contributed by atoms with Crippen molar-refractivity contribution in [3.63, 3.8) is 0 Å². The van der Waals surface area contributed by atoms with E-state index in [1.807, 2.05) is 5.32 Å². The Morgan fingerprint density at radius 3 is 2.47 bits per heavy atom. The van der Waals surface area contributed by atoms with Gasteiger partial charge in [0.15, 0.2) is 12.3 Å². The summed E-state index contributed by atoms with van der Waals surface area (Å²) in [5.74, 6) is -1.68. The summed E-state index contributed by atoms with van der Waals surface area (Å²) in [7, 11) is 0. The monoisotopic (exact) mass is 474 g/mol. The molecule has 1 saturated carbocycles. The Morgan fingerprint density at radius 2 is 1.85 bits per heavy atom. The molecule has 0 spiro atoms. The van der Waals surface area contributed by atoms with Crippen molar-refractivity contribution in [3.8, 4) is 5.69 Å². The Morgan fingerprint density at radius 1 is 1.15 bits per heavy atom. The largest absolute Gasteiger partial charge is 0.451 e. The van der Waals surface area contributed by atoms with Gasteiger partial charge in [0.2, 0.25) is 0 Å². The van der Waals surface area contributed by atoms with Crippen molar-refractivity contribution in [1.82, 2.24) is 9.78 Å². The molecule has 1 heterocycles. The molecule has 12 heteroatoms. The van der Waals surface area contributed by atoms with E-state index in [0.29, 0.717) is 17.4 Å². The molecule has 3 aromatic rings. The number of para-hydroxylation sites is 1. The van der Waals surface area contributed by atoms with Crippen LogP contribution in [-0.4, -0.2) is 33.2 Å². The summed E-state index contributed by atoms with van der Waals surface area (Å²) in [5, 5.41) is 17.2. The molecule has 0 atom stereocenters. The van der Waals surface area contributed by atoms with Crippen molar-refractivity contribution in [2.45, 2.75) is 24.9 Å². The van der Waals surface area contributed by atoms with Crippen LogP contribution < -0.4 is 5.32 Å². The molecule has 1 N–H and O–H groups in total. The number of ether oxygens (including phenoxy) is 1. The molecule has 2 aromatic carbocycles. The number of hydrogen-bond acceptors (Lipinski definition) is 6. The lowest BCUT2D eigenvalue weighted by atomic mass is 10.1. The molecule has 1 aromatic heterocycles. The Labute approximate surface area is 190 Å². The zero-order valence-electron chi connectivity index (χ0n) is 17.4. The number of aromatic nitrogens is 2. The van der Waals surface area contributed by atoms with Crippen LogP contribution in [0, 0.1) is 10.1 Å². The van der Waals surface area contributed by atoms with Gasteiger partial charge in [0.25, 0.3) is 11.6 Å². The number of nitrogens with zero attached hydrogens (tertiary/aromatic N) is 3. The van der Waals surface area contributed by atoms with Gasteiger partial charge in [-0.3, -0.25) is 14.9 Å². The van der Waals surface area contributed by atoms with Crippen LogP contribution in [0.4, 0.5) is 24.5 Å². The maximum Gasteiger partial charge on any atom is 0.418 e. The fraction of sp³-hybridized carbons (Fsp3) is 0.227. The minimum atomic E-state index is -4.95. The molecule has 1 aliphatic rings. The quantitative estimate of drug-likeness (QED) is 0.307. The zero-order valence-corrected chi connectivity index (χ0v) is 17.4. The van der Waals surface area contributed by atoms with Gasteiger partial charge in [0, 0.05) is 18.1 Å². The van der Waals surface area contributed by atoms with Gasteiger partial charge < -0.3 is 10.1 Å². The van der Waals surface area contributed by atoms with Crippen molar-refractivity contribution in [1.29, 1.82) is 0 Å². The Bertz CT molecular complexity index is 1250. The molecule has 34 heavy (non-hydrogen) atoms. The van der Waals surface area contributed by atoms with Crippen LogP contribution in [0.15, 0.2) is 54.6 Å². The summed E-state index contributed by atoms with van der Waals surface area (Å²) >= 11 is 0. The first-order chi connectivity index (χ1) is 16.1. The second-order valence-electron chi connectivity index (χ2n) is 7.59. The van der Waals surface area contributed by atoms with Crippen LogP contribution in [0.2, 0.25) is 0 Å². The smallest absolute Gasteiger partial charge is 0.418 e. The van der Waals surface area contributed by atoms with E-state index in [0.717, 1.165) is 25.0 Å². The van der Waals surface area contributed by atoms with E-state index >= 15 is 0 Å². The van der Waals surface area contributed by atoms with Crippen LogP contribution >= 0.6 is 0 Å². The number of alkyl halides is 3. The minimum Gasteiger partial charge on any atom is -0.451 e. The van der Waals surface area contributed by atoms with Crippen LogP contribution in [0.3, 0.4) is 0 Å². The van der Waals surface area contributed by atoms with E-state index in [4.69, 9.17) is 4.74 Å². The van der Waals surface area contributed by atoms with Gasteiger partial charge in [-0.1, -0.05) is 18.2 Å². The van der Waals surface area contributed by atoms with Crippen molar-refractivity contribution >= 4 is 23.3 Å². The van der Waals surface area contributed by atoms with Crippen molar-refractivity contribution < 1.29 is 32.4 Å². The fourth-order valence-corrected chi connectivity index (χ4v) is 3.27. The lowest BCUT2D eigenvalue weighted by molar-refractivity contribution is -0.385. The first kappa shape index (κ1) is 23.0. The molecular weight excluding hydrogens is 457 g/mol. The molecule has 0 aliphatic heterocycles. The van der Waals surface area contributed by atoms with Crippen LogP contribution in [0.5, 0.6) is 0 Å². The van der Waals surface area contributed by atoms with Crippen molar-refractivity contribution in [2.24, 2.45) is 0 Å². The normalized spacial score (nSPS) is 13.4. The van der Waals surface area contributed by atoms with E-state index in [9.17, 15) is 32.9 Å². The number of benzene rings is 2. The highest BCUT2D eigenvalue weighted by Crippen LogP contribution is 2.40. The van der Waals surface area contributed by atoms with Crippen LogP contribution in [0.1, 0.15) is 40.5 Å². The number of amides is 1. The van der Waals surface area contributed by atoms with E-state index in [1.54, 1.807) is 36.4 Å². The Hall–Kier alpha value is -4.22. The summed E-state index contributed by atoms with van der Waals surface area (Å²) in [4.78, 5) is 34.7. The first-order valence-electron chi connectivity index (χ1n) is 10.1. The molecule has 4 rings (SSSR count). The number of hydrogen-bond donors (Lipinski definition) is 1. The zero-order chi connectivity index (χ0) is 24.5. The number of carbonyl (C=O) groups excluding carboxylic acids is 2. The number of halogens is 3. The first-order valence-corrected chi connectivity index (χ1v) is 10.1. The second kappa shape index (κ2) is 8.96. The molecule has 0 radical (unpaired) electrons. The van der Waals surface area contributed by atoms with E-state index in [2.05, 4.69) is 5.10 Å². The summed E-state index contributed by atoms with van der Waals surface area (Å²) in [6.45, 7) is -0.869. The van der Waals surface area contributed by atoms with E-state index in [-0.39, 0.29) is 11.6 Å². The van der Waals surface area contributed by atoms with Gasteiger partial charge in [-0.25, -0.2) is 9.48 Å². The topological polar surface area (TPSA) is 116 Å². The molecule has 0 bridgehead atoms. The SMILES string of the molecule is O=C(COC(=O)c1cc(C2CC2)nn1-c1ccccc1)Nc1ccc([N+](=O)[O-])cc1C(F)(F)F. The molecule has 1 amide bonds. The lowest BCUT2D eigenvalue weighted by Crippen LogP contribution is -2.23. The number of nitrogens with one attached hydrogen (secondary N) is 1. The average molecular weight is 474 g/mol. The molecule has 9 nitrogen and oxygen atoms in total. The molecule has 1 fully saturated rings. The van der Waals surface area contributed by atoms with Gasteiger partial charge in [-0.05, 0) is 37.1 Å². The number of carbonyl (C=O) groups is 2. The number of non-ortho nitro benzene ring substituents is 1.